The highest BCUT2D eigenvalue weighted by Gasteiger charge is 2.08. The summed E-state index contributed by atoms with van der Waals surface area (Å²) in [5.41, 5.74) is 1.27. The molecule has 0 amide bonds. The minimum atomic E-state index is 0.653. The molecule has 0 aromatic carbocycles. The van der Waals surface area contributed by atoms with Crippen LogP contribution >= 0.6 is 0 Å². The Balaban J connectivity index is 1.79. The summed E-state index contributed by atoms with van der Waals surface area (Å²) in [6.07, 6.45) is 12.2. The highest BCUT2D eigenvalue weighted by atomic mass is 15.2. The summed E-state index contributed by atoms with van der Waals surface area (Å²) in [5, 5.41) is 7.69. The topological polar surface area (TPSA) is 29.9 Å². The zero-order valence-corrected chi connectivity index (χ0v) is 8.61. The molecule has 3 nitrogen and oxygen atoms in total. The molecule has 1 aromatic rings. The van der Waals surface area contributed by atoms with E-state index in [1.165, 1.54) is 24.8 Å². The van der Waals surface area contributed by atoms with Gasteiger partial charge in [-0.1, -0.05) is 12.2 Å². The van der Waals surface area contributed by atoms with Crippen LogP contribution in [0.2, 0.25) is 0 Å². The average molecular weight is 191 g/mol. The molecule has 0 saturated heterocycles. The molecule has 0 aliphatic heterocycles. The Kier molecular flexibility index (Phi) is 2.99. The van der Waals surface area contributed by atoms with Crippen molar-refractivity contribution in [1.29, 1.82) is 0 Å². The normalized spacial score (nSPS) is 21.4. The number of rotatable bonds is 3. The van der Waals surface area contributed by atoms with Gasteiger partial charge in [-0.3, -0.25) is 4.68 Å². The SMILES string of the molecule is Cn1cc(CNC2CC=CCC2)cn1. The third-order valence-corrected chi connectivity index (χ3v) is 2.62. The van der Waals surface area contributed by atoms with Gasteiger partial charge in [0.15, 0.2) is 0 Å². The van der Waals surface area contributed by atoms with Gasteiger partial charge in [0.1, 0.15) is 0 Å². The van der Waals surface area contributed by atoms with Crippen molar-refractivity contribution in [3.63, 3.8) is 0 Å². The molecule has 0 radical (unpaired) electrons. The molecule has 0 spiro atoms. The van der Waals surface area contributed by atoms with Crippen molar-refractivity contribution < 1.29 is 0 Å². The Morgan fingerprint density at radius 1 is 1.57 bits per heavy atom. The van der Waals surface area contributed by atoms with Crippen LogP contribution in [0.25, 0.3) is 0 Å². The lowest BCUT2D eigenvalue weighted by atomic mass is 10.0. The zero-order valence-electron chi connectivity index (χ0n) is 8.61. The first-order valence-corrected chi connectivity index (χ1v) is 5.20. The number of nitrogens with one attached hydrogen (secondary N) is 1. The van der Waals surface area contributed by atoms with E-state index in [1.807, 2.05) is 17.9 Å². The fourth-order valence-electron chi connectivity index (χ4n) is 1.80. The lowest BCUT2D eigenvalue weighted by molar-refractivity contribution is 0.474. The van der Waals surface area contributed by atoms with Crippen molar-refractivity contribution in [2.75, 3.05) is 0 Å². The Morgan fingerprint density at radius 2 is 2.50 bits per heavy atom. The number of aromatic nitrogens is 2. The molecule has 0 fully saturated rings. The van der Waals surface area contributed by atoms with Crippen molar-refractivity contribution in [3.8, 4) is 0 Å². The fraction of sp³-hybridized carbons (Fsp3) is 0.545. The second-order valence-corrected chi connectivity index (χ2v) is 3.88. The lowest BCUT2D eigenvalue weighted by Crippen LogP contribution is -2.28. The molecule has 76 valence electrons. The maximum Gasteiger partial charge on any atom is 0.0534 e. The summed E-state index contributed by atoms with van der Waals surface area (Å²) in [4.78, 5) is 0. The molecular formula is C11H17N3. The third-order valence-electron chi connectivity index (χ3n) is 2.62. The Morgan fingerprint density at radius 3 is 3.14 bits per heavy atom. The summed E-state index contributed by atoms with van der Waals surface area (Å²) in [7, 11) is 1.95. The summed E-state index contributed by atoms with van der Waals surface area (Å²) < 4.78 is 1.85. The largest absolute Gasteiger partial charge is 0.309 e. The van der Waals surface area contributed by atoms with E-state index in [0.717, 1.165) is 6.54 Å². The van der Waals surface area contributed by atoms with Gasteiger partial charge < -0.3 is 5.32 Å². The number of aryl methyl sites for hydroxylation is 1. The van der Waals surface area contributed by atoms with Crippen LogP contribution in [0.15, 0.2) is 24.5 Å². The molecule has 2 rings (SSSR count). The first-order chi connectivity index (χ1) is 6.84. The van der Waals surface area contributed by atoms with E-state index >= 15 is 0 Å². The third kappa shape index (κ3) is 2.45. The second-order valence-electron chi connectivity index (χ2n) is 3.88. The molecule has 0 saturated carbocycles. The zero-order chi connectivity index (χ0) is 9.80. The molecule has 1 aromatic heterocycles. The van der Waals surface area contributed by atoms with Crippen LogP contribution in [-0.2, 0) is 13.6 Å². The predicted molar refractivity (Wildman–Crippen MR) is 56.8 cm³/mol. The van der Waals surface area contributed by atoms with Crippen LogP contribution in [0, 0.1) is 0 Å². The van der Waals surface area contributed by atoms with Crippen molar-refractivity contribution in [2.24, 2.45) is 7.05 Å². The van der Waals surface area contributed by atoms with Gasteiger partial charge in [-0.05, 0) is 19.3 Å². The van der Waals surface area contributed by atoms with Crippen molar-refractivity contribution in [1.82, 2.24) is 15.1 Å². The van der Waals surface area contributed by atoms with Gasteiger partial charge in [-0.15, -0.1) is 0 Å². The van der Waals surface area contributed by atoms with Crippen LogP contribution in [0.4, 0.5) is 0 Å². The molecule has 1 unspecified atom stereocenters. The van der Waals surface area contributed by atoms with Crippen LogP contribution in [-0.4, -0.2) is 15.8 Å². The number of hydrogen-bond acceptors (Lipinski definition) is 2. The van der Waals surface area contributed by atoms with E-state index in [9.17, 15) is 0 Å². The quantitative estimate of drug-likeness (QED) is 0.736. The van der Waals surface area contributed by atoms with Gasteiger partial charge in [-0.25, -0.2) is 0 Å². The van der Waals surface area contributed by atoms with Crippen LogP contribution in [0.1, 0.15) is 24.8 Å². The number of hydrogen-bond donors (Lipinski definition) is 1. The van der Waals surface area contributed by atoms with Crippen molar-refractivity contribution in [2.45, 2.75) is 31.8 Å². The smallest absolute Gasteiger partial charge is 0.0534 e. The summed E-state index contributed by atoms with van der Waals surface area (Å²) >= 11 is 0. The minimum Gasteiger partial charge on any atom is -0.309 e. The van der Waals surface area contributed by atoms with E-state index in [-0.39, 0.29) is 0 Å². The van der Waals surface area contributed by atoms with Gasteiger partial charge in [0.05, 0.1) is 6.20 Å². The first-order valence-electron chi connectivity index (χ1n) is 5.20. The van der Waals surface area contributed by atoms with E-state index in [0.29, 0.717) is 6.04 Å². The minimum absolute atomic E-state index is 0.653. The second kappa shape index (κ2) is 4.42. The molecular weight excluding hydrogens is 174 g/mol. The van der Waals surface area contributed by atoms with Gasteiger partial charge in [0.25, 0.3) is 0 Å². The molecule has 1 N–H and O–H groups in total. The average Bonchev–Trinajstić information content (AvgIpc) is 2.63. The van der Waals surface area contributed by atoms with Gasteiger partial charge in [-0.2, -0.15) is 5.10 Å². The molecule has 0 bridgehead atoms. The summed E-state index contributed by atoms with van der Waals surface area (Å²) in [6, 6.07) is 0.653. The molecule has 1 atom stereocenters. The highest BCUT2D eigenvalue weighted by molar-refractivity contribution is 5.04. The number of nitrogens with zero attached hydrogens (tertiary/aromatic N) is 2. The van der Waals surface area contributed by atoms with Crippen molar-refractivity contribution in [3.05, 3.63) is 30.1 Å². The van der Waals surface area contributed by atoms with E-state index in [1.54, 1.807) is 0 Å². The summed E-state index contributed by atoms with van der Waals surface area (Å²) in [6.45, 7) is 0.937. The van der Waals surface area contributed by atoms with Crippen LogP contribution in [0.3, 0.4) is 0 Å². The summed E-state index contributed by atoms with van der Waals surface area (Å²) in [5.74, 6) is 0. The monoisotopic (exact) mass is 191 g/mol. The van der Waals surface area contributed by atoms with E-state index < -0.39 is 0 Å². The molecule has 14 heavy (non-hydrogen) atoms. The predicted octanol–water partition coefficient (Wildman–Crippen LogP) is 1.62. The Bertz CT molecular complexity index is 314. The first kappa shape index (κ1) is 9.46. The van der Waals surface area contributed by atoms with Gasteiger partial charge in [0.2, 0.25) is 0 Å². The van der Waals surface area contributed by atoms with Gasteiger partial charge in [0, 0.05) is 31.4 Å². The maximum absolute atomic E-state index is 4.14. The van der Waals surface area contributed by atoms with Crippen LogP contribution < -0.4 is 5.32 Å². The Hall–Kier alpha value is -1.09. The Labute approximate surface area is 84.8 Å². The molecule has 1 aliphatic rings. The van der Waals surface area contributed by atoms with Gasteiger partial charge >= 0.3 is 0 Å². The highest BCUT2D eigenvalue weighted by Crippen LogP contribution is 2.11. The molecule has 1 aliphatic carbocycles. The number of allylic oxidation sites excluding steroid dienone is 1. The molecule has 1 heterocycles. The van der Waals surface area contributed by atoms with Crippen molar-refractivity contribution >= 4 is 0 Å². The van der Waals surface area contributed by atoms with E-state index in [4.69, 9.17) is 0 Å². The standard InChI is InChI=1S/C11H17N3/c1-14-9-10(8-13-14)7-12-11-5-3-2-4-6-11/h2-3,8-9,11-12H,4-7H2,1H3. The van der Waals surface area contributed by atoms with E-state index in [2.05, 4.69) is 28.8 Å². The van der Waals surface area contributed by atoms with Crippen LogP contribution in [0.5, 0.6) is 0 Å². The maximum atomic E-state index is 4.14. The fourth-order valence-corrected chi connectivity index (χ4v) is 1.80. The lowest BCUT2D eigenvalue weighted by Gasteiger charge is -2.18. The molecule has 3 heteroatoms.